The van der Waals surface area contributed by atoms with Gasteiger partial charge in [0.25, 0.3) is 0 Å². The molecule has 1 heterocycles. The number of nitrogens with zero attached hydrogens (tertiary/aromatic N) is 1. The van der Waals surface area contributed by atoms with Gasteiger partial charge in [0.05, 0.1) is 17.9 Å². The Hall–Kier alpha value is -1.15. The molecule has 0 saturated heterocycles. The summed E-state index contributed by atoms with van der Waals surface area (Å²) in [6.07, 6.45) is 1.05. The van der Waals surface area contributed by atoms with Crippen LogP contribution in [0.25, 0.3) is 0 Å². The van der Waals surface area contributed by atoms with Crippen molar-refractivity contribution in [2.45, 2.75) is 6.42 Å². The first-order valence-electron chi connectivity index (χ1n) is 4.64. The number of rotatable bonds is 2. The molecule has 0 bridgehead atoms. The fourth-order valence-corrected chi connectivity index (χ4v) is 2.08. The van der Waals surface area contributed by atoms with Gasteiger partial charge in [-0.3, -0.25) is 0 Å². The maximum atomic E-state index is 5.92. The smallest absolute Gasteiger partial charge is 0.0636 e. The van der Waals surface area contributed by atoms with E-state index in [-0.39, 0.29) is 0 Å². The molecule has 1 aliphatic rings. The van der Waals surface area contributed by atoms with Gasteiger partial charge in [0, 0.05) is 11.6 Å². The quantitative estimate of drug-likeness (QED) is 0.757. The van der Waals surface area contributed by atoms with Gasteiger partial charge in [-0.2, -0.15) is 0 Å². The van der Waals surface area contributed by atoms with E-state index in [9.17, 15) is 0 Å². The third-order valence-electron chi connectivity index (χ3n) is 2.48. The minimum absolute atomic E-state index is 0.654. The number of para-hydroxylation sites is 1. The summed E-state index contributed by atoms with van der Waals surface area (Å²) in [7, 11) is 0. The Labute approximate surface area is 89.0 Å². The van der Waals surface area contributed by atoms with Gasteiger partial charge in [-0.05, 0) is 18.1 Å². The molecule has 2 N–H and O–H groups in total. The van der Waals surface area contributed by atoms with Crippen molar-refractivity contribution in [1.29, 1.82) is 0 Å². The Morgan fingerprint density at radius 2 is 2.36 bits per heavy atom. The minimum Gasteiger partial charge on any atom is -0.397 e. The van der Waals surface area contributed by atoms with Gasteiger partial charge >= 0.3 is 0 Å². The van der Waals surface area contributed by atoms with Crippen molar-refractivity contribution in [3.63, 3.8) is 0 Å². The van der Waals surface area contributed by atoms with E-state index in [1.807, 2.05) is 12.1 Å². The van der Waals surface area contributed by atoms with Crippen LogP contribution in [0.1, 0.15) is 5.56 Å². The van der Waals surface area contributed by atoms with Crippen LogP contribution in [-0.2, 0) is 6.42 Å². The van der Waals surface area contributed by atoms with Crippen molar-refractivity contribution in [3.05, 3.63) is 35.4 Å². The van der Waals surface area contributed by atoms with Crippen LogP contribution in [0.3, 0.4) is 0 Å². The summed E-state index contributed by atoms with van der Waals surface area (Å²) in [5.41, 5.74) is 9.20. The van der Waals surface area contributed by atoms with Crippen molar-refractivity contribution in [1.82, 2.24) is 0 Å². The monoisotopic (exact) mass is 208 g/mol. The first kappa shape index (κ1) is 9.41. The van der Waals surface area contributed by atoms with E-state index in [2.05, 4.69) is 17.5 Å². The molecule has 0 aromatic heterocycles. The van der Waals surface area contributed by atoms with Crippen LogP contribution in [0.5, 0.6) is 0 Å². The van der Waals surface area contributed by atoms with Gasteiger partial charge in [-0.1, -0.05) is 30.3 Å². The molecule has 0 fully saturated rings. The molecule has 2 rings (SSSR count). The van der Waals surface area contributed by atoms with Crippen molar-refractivity contribution in [2.75, 3.05) is 23.7 Å². The van der Waals surface area contributed by atoms with E-state index in [1.54, 1.807) is 0 Å². The van der Waals surface area contributed by atoms with Crippen LogP contribution in [0.4, 0.5) is 11.4 Å². The number of hydrogen-bond acceptors (Lipinski definition) is 2. The average molecular weight is 209 g/mol. The number of fused-ring (bicyclic) bond motifs is 1. The summed E-state index contributed by atoms with van der Waals surface area (Å²) in [6, 6.07) is 6.03. The van der Waals surface area contributed by atoms with Crippen molar-refractivity contribution < 1.29 is 0 Å². The average Bonchev–Trinajstić information content (AvgIpc) is 2.49. The third kappa shape index (κ3) is 1.58. The molecule has 0 saturated carbocycles. The second-order valence-corrected chi connectivity index (χ2v) is 4.08. The van der Waals surface area contributed by atoms with Crippen LogP contribution in [0.15, 0.2) is 29.8 Å². The molecule has 3 heteroatoms. The molecule has 0 unspecified atom stereocenters. The van der Waals surface area contributed by atoms with Crippen molar-refractivity contribution >= 4 is 23.0 Å². The van der Waals surface area contributed by atoms with Crippen LogP contribution >= 0.6 is 11.6 Å². The first-order chi connectivity index (χ1) is 6.68. The van der Waals surface area contributed by atoms with Crippen molar-refractivity contribution in [2.24, 2.45) is 0 Å². The molecule has 1 aromatic carbocycles. The molecular weight excluding hydrogens is 196 g/mol. The summed E-state index contributed by atoms with van der Waals surface area (Å²) in [4.78, 5) is 2.18. The maximum absolute atomic E-state index is 5.92. The predicted octanol–water partition coefficient (Wildman–Crippen LogP) is 2.38. The summed E-state index contributed by atoms with van der Waals surface area (Å²) < 4.78 is 0. The lowest BCUT2D eigenvalue weighted by molar-refractivity contribution is 0.899. The highest BCUT2D eigenvalue weighted by atomic mass is 35.5. The molecule has 14 heavy (non-hydrogen) atoms. The topological polar surface area (TPSA) is 29.3 Å². The molecule has 0 amide bonds. The Kier molecular flexibility index (Phi) is 2.38. The van der Waals surface area contributed by atoms with Gasteiger partial charge in [-0.25, -0.2) is 0 Å². The largest absolute Gasteiger partial charge is 0.397 e. The minimum atomic E-state index is 0.654. The lowest BCUT2D eigenvalue weighted by Crippen LogP contribution is -2.22. The van der Waals surface area contributed by atoms with Gasteiger partial charge in [0.15, 0.2) is 0 Å². The molecule has 74 valence electrons. The third-order valence-corrected chi connectivity index (χ3v) is 2.60. The van der Waals surface area contributed by atoms with Crippen LogP contribution in [0, 0.1) is 0 Å². The summed E-state index contributed by atoms with van der Waals surface area (Å²) in [6.45, 7) is 5.37. The second-order valence-electron chi connectivity index (χ2n) is 3.54. The van der Waals surface area contributed by atoms with E-state index in [4.69, 9.17) is 17.3 Å². The van der Waals surface area contributed by atoms with E-state index >= 15 is 0 Å². The SMILES string of the molecule is C=C(Cl)CN1CCc2cccc(N)c21. The van der Waals surface area contributed by atoms with E-state index < -0.39 is 0 Å². The van der Waals surface area contributed by atoms with E-state index in [1.165, 1.54) is 5.56 Å². The number of benzene rings is 1. The number of anilines is 2. The highest BCUT2D eigenvalue weighted by Gasteiger charge is 2.20. The predicted molar refractivity (Wildman–Crippen MR) is 61.8 cm³/mol. The molecule has 0 atom stereocenters. The number of hydrogen-bond donors (Lipinski definition) is 1. The summed E-state index contributed by atoms with van der Waals surface area (Å²) in [5, 5.41) is 0.654. The second kappa shape index (κ2) is 3.54. The number of halogens is 1. The standard InChI is InChI=1S/C11H13ClN2/c1-8(12)7-14-6-5-9-3-2-4-10(13)11(9)14/h2-4H,1,5-7,13H2. The fraction of sp³-hybridized carbons (Fsp3) is 0.273. The highest BCUT2D eigenvalue weighted by molar-refractivity contribution is 6.29. The number of nitrogens with two attached hydrogens (primary N) is 1. The van der Waals surface area contributed by atoms with Gasteiger partial charge < -0.3 is 10.6 Å². The normalized spacial score (nSPS) is 14.2. The molecule has 1 aromatic rings. The number of nitrogen functional groups attached to an aromatic ring is 1. The van der Waals surface area contributed by atoms with Crippen molar-refractivity contribution in [3.8, 4) is 0 Å². The lowest BCUT2D eigenvalue weighted by Gasteiger charge is -2.19. The molecule has 0 radical (unpaired) electrons. The van der Waals surface area contributed by atoms with Crippen LogP contribution < -0.4 is 10.6 Å². The van der Waals surface area contributed by atoms with Crippen LogP contribution in [0.2, 0.25) is 0 Å². The summed E-state index contributed by atoms with van der Waals surface area (Å²) in [5.74, 6) is 0. The van der Waals surface area contributed by atoms with Gasteiger partial charge in [-0.15, -0.1) is 0 Å². The Bertz CT molecular complexity index is 374. The molecule has 0 spiro atoms. The molecule has 0 aliphatic carbocycles. The Balaban J connectivity index is 2.33. The van der Waals surface area contributed by atoms with E-state index in [0.29, 0.717) is 11.6 Å². The zero-order valence-corrected chi connectivity index (χ0v) is 8.72. The molecular formula is C11H13ClN2. The fourth-order valence-electron chi connectivity index (χ4n) is 1.93. The molecule has 1 aliphatic heterocycles. The van der Waals surface area contributed by atoms with Gasteiger partial charge in [0.2, 0.25) is 0 Å². The Morgan fingerprint density at radius 3 is 3.07 bits per heavy atom. The van der Waals surface area contributed by atoms with Gasteiger partial charge in [0.1, 0.15) is 0 Å². The summed E-state index contributed by atoms with van der Waals surface area (Å²) >= 11 is 5.80. The lowest BCUT2D eigenvalue weighted by atomic mass is 10.1. The Morgan fingerprint density at radius 1 is 1.57 bits per heavy atom. The van der Waals surface area contributed by atoms with Crippen LogP contribution in [-0.4, -0.2) is 13.1 Å². The first-order valence-corrected chi connectivity index (χ1v) is 5.02. The van der Waals surface area contributed by atoms with E-state index in [0.717, 1.165) is 24.3 Å². The zero-order chi connectivity index (χ0) is 10.1. The highest BCUT2D eigenvalue weighted by Crippen LogP contribution is 2.33. The maximum Gasteiger partial charge on any atom is 0.0636 e. The molecule has 2 nitrogen and oxygen atoms in total. The zero-order valence-electron chi connectivity index (χ0n) is 7.96.